The lowest BCUT2D eigenvalue weighted by Gasteiger charge is -2.31. The molecule has 16 atom stereocenters. The van der Waals surface area contributed by atoms with E-state index < -0.39 is 298 Å². The third kappa shape index (κ3) is 40.2. The predicted octanol–water partition coefficient (Wildman–Crippen LogP) is -7.78. The van der Waals surface area contributed by atoms with Gasteiger partial charge in [0.05, 0.1) is 38.4 Å². The van der Waals surface area contributed by atoms with Gasteiger partial charge in [-0.3, -0.25) is 91.1 Å². The summed E-state index contributed by atoms with van der Waals surface area (Å²) >= 11 is 0. The molecule has 0 spiro atoms. The number of nitrogens with zero attached hydrogens (tertiary/aromatic N) is 1. The minimum Gasteiger partial charge on any atom is -0.481 e. The Morgan fingerprint density at radius 3 is 1.17 bits per heavy atom. The second-order valence-electron chi connectivity index (χ2n) is 31.8. The molecule has 122 heavy (non-hydrogen) atoms. The molecule has 0 bridgehead atoms. The van der Waals surface area contributed by atoms with Gasteiger partial charge in [0, 0.05) is 25.8 Å². The summed E-state index contributed by atoms with van der Waals surface area (Å²) < 4.78 is 0. The Balaban J connectivity index is 3.30. The average Bonchev–Trinajstić information content (AvgIpc) is 1.60. The number of carbonyl (C=O) groups is 20. The Kier molecular flexibility index (Phi) is 50.1. The van der Waals surface area contributed by atoms with Crippen molar-refractivity contribution in [1.82, 2.24) is 84.7 Å². The Morgan fingerprint density at radius 1 is 0.369 bits per heavy atom. The number of aliphatic hydroxyl groups is 3. The molecule has 0 aromatic heterocycles. The number of amides is 16. The number of carboxylic acids is 4. The first-order valence-electron chi connectivity index (χ1n) is 40.8. The number of aliphatic carboxylic acids is 4. The maximum Gasteiger partial charge on any atom is 0.326 e. The van der Waals surface area contributed by atoms with E-state index in [1.807, 2.05) is 5.32 Å². The van der Waals surface area contributed by atoms with E-state index in [9.17, 15) is 127 Å². The van der Waals surface area contributed by atoms with Gasteiger partial charge in [-0.15, -0.1) is 0 Å². The summed E-state index contributed by atoms with van der Waals surface area (Å²) in [4.78, 5) is 267. The van der Waals surface area contributed by atoms with E-state index in [0.717, 1.165) is 11.8 Å². The topological polar surface area (TPSA) is 745 Å². The molecule has 1 aliphatic rings. The molecule has 692 valence electrons. The van der Waals surface area contributed by atoms with Gasteiger partial charge in [-0.1, -0.05) is 75.7 Å². The number of unbranched alkanes of at least 4 members (excludes halogenated alkanes) is 2. The molecule has 0 radical (unpaired) electrons. The number of nitrogens with one attached hydrogen (secondary N) is 15. The fourth-order valence-corrected chi connectivity index (χ4v) is 12.4. The molecule has 1 aliphatic heterocycles. The van der Waals surface area contributed by atoms with Crippen LogP contribution in [0.15, 0.2) is 0 Å². The number of rotatable bonds is 59. The normalized spacial score (nSPS) is 16.3. The Hall–Kier alpha value is -10.8. The van der Waals surface area contributed by atoms with E-state index in [0.29, 0.717) is 32.2 Å². The number of aliphatic hydroxyl groups excluding tert-OH is 3. The number of carbonyl (C=O) groups excluding carboxylic acids is 16. The first-order valence-corrected chi connectivity index (χ1v) is 40.8. The Labute approximate surface area is 707 Å². The van der Waals surface area contributed by atoms with Gasteiger partial charge in [-0.25, -0.2) is 4.79 Å². The van der Waals surface area contributed by atoms with Gasteiger partial charge < -0.3 is 138 Å². The molecule has 28 N–H and O–H groups in total. The molecule has 46 nitrogen and oxygen atoms in total. The highest BCUT2D eigenvalue weighted by atomic mass is 16.4. The van der Waals surface area contributed by atoms with Gasteiger partial charge in [-0.05, 0) is 134 Å². The molecule has 1 fully saturated rings. The number of hydrogen-bond donors (Lipinski definition) is 25. The first kappa shape index (κ1) is 109. The lowest BCUT2D eigenvalue weighted by molar-refractivity contribution is -0.144. The fourth-order valence-electron chi connectivity index (χ4n) is 12.4. The maximum atomic E-state index is 14.3. The van der Waals surface area contributed by atoms with Crippen LogP contribution in [0.4, 0.5) is 0 Å². The molecule has 0 aromatic carbocycles. The number of nitrogens with two attached hydrogens (primary N) is 3. The summed E-state index contributed by atoms with van der Waals surface area (Å²) in [5, 5.41) is 105. The molecule has 0 unspecified atom stereocenters. The van der Waals surface area contributed by atoms with Crippen LogP contribution in [0, 0.1) is 29.6 Å². The van der Waals surface area contributed by atoms with Gasteiger partial charge in [-0.2, -0.15) is 0 Å². The van der Waals surface area contributed by atoms with Crippen LogP contribution in [-0.4, -0.2) is 302 Å². The van der Waals surface area contributed by atoms with Crippen molar-refractivity contribution in [2.75, 3.05) is 45.9 Å². The zero-order valence-electron chi connectivity index (χ0n) is 71.4. The standard InChI is InChI=1S/C76H131N19O27/c1-36(2)30-48(87-64(109)44(19-14-16-28-78)85-68(113)50(34-96)89-63(108)43(79)18-13-15-27-77)67(112)82-41(11)62(107)84-46(22-25-56(103)104)66(111)91-59(39(7)8)72(117)92-60(40(9)10)73(118)94-61(42(12)98)74(119)93-58(38(5)6)71(116)90-51(35-97)69(114)88-49(31-37(3)4)75(120)95-29-17-20-52(95)70(115)81-32-53(99)80-33-54(100)83-45(21-24-55(101)102)65(110)86-47(76(121)122)23-26-57(105)106/h36-52,58-61,96-98H,13-35,77-79H2,1-12H3,(H,80,99)(H,81,115)(H,82,112)(H,83,100)(H,84,107)(H,85,113)(H,86,110)(H,87,109)(H,88,114)(H,89,108)(H,90,116)(H,91,111)(H,92,117)(H,93,119)(H,94,118)(H,101,102)(H,103,104)(H,105,106)(H,121,122)/t41-,42+,43-,44-,45-,46-,47-,48-,49-,50-,51-,52-,58-,59-,60-,61-/m0/s1. The van der Waals surface area contributed by atoms with Gasteiger partial charge in [0.1, 0.15) is 84.6 Å². The molecule has 1 rings (SSSR count). The monoisotopic (exact) mass is 1740 g/mol. The predicted molar refractivity (Wildman–Crippen MR) is 433 cm³/mol. The Bertz CT molecular complexity index is 3570. The second kappa shape index (κ2) is 56.0. The molecule has 0 aromatic rings. The minimum atomic E-state index is -1.88. The maximum absolute atomic E-state index is 14.3. The summed E-state index contributed by atoms with van der Waals surface area (Å²) in [7, 11) is 0. The molecular formula is C76H131N19O27. The SMILES string of the molecule is CC(C)C[C@H](NC(=O)[C@H](CCCCN)NC(=O)[C@H](CO)NC(=O)[C@@H](N)CCCCN)C(=O)N[C@@H](C)C(=O)N[C@@H](CCC(=O)O)C(=O)N[C@H](C(=O)N[C@H](C(=O)N[C@H](C(=O)N[C@H](C(=O)N[C@@H](CO)C(=O)N[C@@H](CC(C)C)C(=O)N1CCC[C@H]1C(=O)NCC(=O)NCC(=O)N[C@@H](CCC(=O)O)C(=O)N[C@@H](CCC(=O)O)C(=O)O)C(C)C)[C@@H](C)O)C(C)C)C(C)C. The van der Waals surface area contributed by atoms with Crippen LogP contribution in [0.3, 0.4) is 0 Å². The Morgan fingerprint density at radius 2 is 0.721 bits per heavy atom. The quantitative estimate of drug-likeness (QED) is 0.0252. The molecular weight excluding hydrogens is 1610 g/mol. The molecule has 1 heterocycles. The second-order valence-corrected chi connectivity index (χ2v) is 31.8. The highest BCUT2D eigenvalue weighted by molar-refractivity contribution is 6.01. The van der Waals surface area contributed by atoms with Gasteiger partial charge >= 0.3 is 23.9 Å². The van der Waals surface area contributed by atoms with Gasteiger partial charge in [0.15, 0.2) is 0 Å². The zero-order chi connectivity index (χ0) is 93.1. The smallest absolute Gasteiger partial charge is 0.326 e. The van der Waals surface area contributed by atoms with Crippen LogP contribution >= 0.6 is 0 Å². The van der Waals surface area contributed by atoms with E-state index >= 15 is 0 Å². The lowest BCUT2D eigenvalue weighted by Crippen LogP contribution is -2.63. The highest BCUT2D eigenvalue weighted by Gasteiger charge is 2.42. The van der Waals surface area contributed by atoms with E-state index in [2.05, 4.69) is 74.4 Å². The van der Waals surface area contributed by atoms with E-state index in [4.69, 9.17) is 22.3 Å². The van der Waals surface area contributed by atoms with Crippen molar-refractivity contribution in [3.05, 3.63) is 0 Å². The van der Waals surface area contributed by atoms with Crippen molar-refractivity contribution in [3.63, 3.8) is 0 Å². The van der Waals surface area contributed by atoms with Crippen molar-refractivity contribution in [2.45, 2.75) is 283 Å². The van der Waals surface area contributed by atoms with Crippen LogP contribution in [0.2, 0.25) is 0 Å². The molecule has 46 heteroatoms. The van der Waals surface area contributed by atoms with Crippen molar-refractivity contribution in [1.29, 1.82) is 0 Å². The number of hydrogen-bond acceptors (Lipinski definition) is 26. The van der Waals surface area contributed by atoms with E-state index in [1.54, 1.807) is 27.7 Å². The summed E-state index contributed by atoms with van der Waals surface area (Å²) in [6.45, 7) is 15.2. The minimum absolute atomic E-state index is 0.00403. The van der Waals surface area contributed by atoms with Crippen LogP contribution in [0.1, 0.15) is 186 Å². The summed E-state index contributed by atoms with van der Waals surface area (Å²) in [6, 6.07) is -22.8. The first-order chi connectivity index (χ1) is 57.0. The third-order valence-corrected chi connectivity index (χ3v) is 19.3. The van der Waals surface area contributed by atoms with Crippen molar-refractivity contribution in [3.8, 4) is 0 Å². The largest absolute Gasteiger partial charge is 0.481 e. The molecule has 1 saturated heterocycles. The summed E-state index contributed by atoms with van der Waals surface area (Å²) in [5.74, 6) is -24.5. The lowest BCUT2D eigenvalue weighted by atomic mass is 9.98. The number of carboxylic acid groups (broad SMARTS) is 4. The molecule has 16 amide bonds. The third-order valence-electron chi connectivity index (χ3n) is 19.3. The van der Waals surface area contributed by atoms with E-state index in [-0.39, 0.29) is 63.5 Å². The molecule has 0 aliphatic carbocycles. The van der Waals surface area contributed by atoms with Crippen LogP contribution in [0.25, 0.3) is 0 Å². The summed E-state index contributed by atoms with van der Waals surface area (Å²) in [5.41, 5.74) is 17.2. The number of likely N-dealkylation sites (tertiary alicyclic amines) is 1. The van der Waals surface area contributed by atoms with Crippen LogP contribution in [0.5, 0.6) is 0 Å². The van der Waals surface area contributed by atoms with Crippen molar-refractivity contribution < 1.29 is 132 Å². The highest BCUT2D eigenvalue weighted by Crippen LogP contribution is 2.22. The summed E-state index contributed by atoms with van der Waals surface area (Å²) in [6.07, 6.45) is -3.08. The van der Waals surface area contributed by atoms with Gasteiger partial charge in [0.25, 0.3) is 0 Å². The van der Waals surface area contributed by atoms with Gasteiger partial charge in [0.2, 0.25) is 94.5 Å². The average molecular weight is 1740 g/mol. The van der Waals surface area contributed by atoms with Crippen LogP contribution < -0.4 is 97.0 Å². The molecule has 0 saturated carbocycles. The fraction of sp³-hybridized carbons (Fsp3) is 0.737. The van der Waals surface area contributed by atoms with Crippen molar-refractivity contribution >= 4 is 118 Å². The van der Waals surface area contributed by atoms with Crippen LogP contribution in [-0.2, 0) is 95.9 Å². The zero-order valence-corrected chi connectivity index (χ0v) is 71.4. The van der Waals surface area contributed by atoms with E-state index in [1.165, 1.54) is 48.5 Å². The van der Waals surface area contributed by atoms with Crippen molar-refractivity contribution in [2.24, 2.45) is 46.8 Å².